The molecule has 2 rings (SSSR count). The molecule has 0 radical (unpaired) electrons. The van der Waals surface area contributed by atoms with Crippen LogP contribution in [0.2, 0.25) is 0 Å². The van der Waals surface area contributed by atoms with Gasteiger partial charge in [0.05, 0.1) is 6.20 Å². The zero-order valence-electron chi connectivity index (χ0n) is 15.0. The Morgan fingerprint density at radius 1 is 1.52 bits per heavy atom. The Hall–Kier alpha value is -1.56. The van der Waals surface area contributed by atoms with E-state index in [2.05, 4.69) is 28.4 Å². The quantitative estimate of drug-likeness (QED) is 0.925. The summed E-state index contributed by atoms with van der Waals surface area (Å²) in [4.78, 5) is 14.4. The number of aryl methyl sites for hydroxylation is 1. The van der Waals surface area contributed by atoms with E-state index in [4.69, 9.17) is 4.74 Å². The van der Waals surface area contributed by atoms with Crippen LogP contribution < -0.4 is 5.32 Å². The first-order valence-corrected chi connectivity index (χ1v) is 8.42. The maximum Gasteiger partial charge on any atom is 0.407 e. The van der Waals surface area contributed by atoms with E-state index < -0.39 is 5.60 Å². The van der Waals surface area contributed by atoms with Crippen molar-refractivity contribution in [3.05, 3.63) is 18.0 Å². The number of alkyl carbamates (subject to hydrolysis) is 1. The monoisotopic (exact) mass is 322 g/mol. The first kappa shape index (κ1) is 17.8. The van der Waals surface area contributed by atoms with Crippen LogP contribution in [0.15, 0.2) is 12.4 Å². The van der Waals surface area contributed by atoms with Gasteiger partial charge in [-0.1, -0.05) is 0 Å². The molecule has 130 valence electrons. The number of likely N-dealkylation sites (tertiary alicyclic amines) is 1. The Bertz CT molecular complexity index is 521. The molecule has 0 aromatic carbocycles. The van der Waals surface area contributed by atoms with Crippen LogP contribution in [0, 0.1) is 5.92 Å². The summed E-state index contributed by atoms with van der Waals surface area (Å²) >= 11 is 0. The van der Waals surface area contributed by atoms with Gasteiger partial charge in [-0.15, -0.1) is 0 Å². The van der Waals surface area contributed by atoms with Gasteiger partial charge < -0.3 is 10.1 Å². The van der Waals surface area contributed by atoms with Crippen LogP contribution in [0.25, 0.3) is 0 Å². The molecule has 1 fully saturated rings. The van der Waals surface area contributed by atoms with Crippen molar-refractivity contribution in [2.45, 2.75) is 58.7 Å². The van der Waals surface area contributed by atoms with Gasteiger partial charge in [-0.2, -0.15) is 5.10 Å². The Labute approximate surface area is 139 Å². The van der Waals surface area contributed by atoms with E-state index in [0.717, 1.165) is 32.5 Å². The van der Waals surface area contributed by atoms with Gasteiger partial charge in [0.25, 0.3) is 0 Å². The summed E-state index contributed by atoms with van der Waals surface area (Å²) in [7, 11) is 1.94. The molecule has 1 aliphatic rings. The number of nitrogens with zero attached hydrogens (tertiary/aromatic N) is 3. The number of rotatable bonds is 4. The van der Waals surface area contributed by atoms with Crippen LogP contribution in [0.5, 0.6) is 0 Å². The lowest BCUT2D eigenvalue weighted by Crippen LogP contribution is -2.47. The molecule has 23 heavy (non-hydrogen) atoms. The molecule has 1 aliphatic heterocycles. The number of piperidine rings is 1. The minimum atomic E-state index is -0.456. The number of hydrogen-bond donors (Lipinski definition) is 1. The molecular formula is C17H30N4O2. The second-order valence-corrected chi connectivity index (χ2v) is 7.59. The van der Waals surface area contributed by atoms with E-state index >= 15 is 0 Å². The van der Waals surface area contributed by atoms with Gasteiger partial charge in [0.1, 0.15) is 5.60 Å². The van der Waals surface area contributed by atoms with Crippen molar-refractivity contribution < 1.29 is 9.53 Å². The lowest BCUT2D eigenvalue weighted by Gasteiger charge is -2.36. The number of amides is 1. The molecule has 6 nitrogen and oxygen atoms in total. The van der Waals surface area contributed by atoms with Gasteiger partial charge >= 0.3 is 6.09 Å². The van der Waals surface area contributed by atoms with Crippen molar-refractivity contribution in [3.63, 3.8) is 0 Å². The summed E-state index contributed by atoms with van der Waals surface area (Å²) in [5.74, 6) is 0.452. The Kier molecular flexibility index (Phi) is 5.68. The first-order valence-electron chi connectivity index (χ1n) is 8.42. The van der Waals surface area contributed by atoms with E-state index in [-0.39, 0.29) is 12.1 Å². The van der Waals surface area contributed by atoms with Gasteiger partial charge in [-0.05, 0) is 53.0 Å². The molecule has 2 atom stereocenters. The maximum atomic E-state index is 11.9. The summed E-state index contributed by atoms with van der Waals surface area (Å²) in [5.41, 5.74) is 0.781. The normalized spacial score (nSPS) is 21.0. The van der Waals surface area contributed by atoms with Gasteiger partial charge in [0.15, 0.2) is 0 Å². The molecule has 1 aromatic heterocycles. The van der Waals surface area contributed by atoms with E-state index in [9.17, 15) is 4.79 Å². The second kappa shape index (κ2) is 7.34. The maximum absolute atomic E-state index is 11.9. The molecule has 0 bridgehead atoms. The number of carbonyl (C=O) groups excluding carboxylic acids is 1. The highest BCUT2D eigenvalue weighted by Gasteiger charge is 2.27. The minimum Gasteiger partial charge on any atom is -0.444 e. The second-order valence-electron chi connectivity index (χ2n) is 7.59. The molecule has 6 heteroatoms. The summed E-state index contributed by atoms with van der Waals surface area (Å²) in [6, 6.07) is 0.113. The van der Waals surface area contributed by atoms with Crippen molar-refractivity contribution in [3.8, 4) is 0 Å². The average molecular weight is 322 g/mol. The first-order chi connectivity index (χ1) is 10.7. The van der Waals surface area contributed by atoms with Crippen LogP contribution in [0.3, 0.4) is 0 Å². The molecular weight excluding hydrogens is 292 g/mol. The van der Waals surface area contributed by atoms with Crippen LogP contribution >= 0.6 is 0 Å². The Morgan fingerprint density at radius 3 is 2.87 bits per heavy atom. The van der Waals surface area contributed by atoms with Crippen molar-refractivity contribution in [2.24, 2.45) is 13.0 Å². The predicted octanol–water partition coefficient (Wildman–Crippen LogP) is 2.55. The molecule has 2 heterocycles. The average Bonchev–Trinajstić information content (AvgIpc) is 2.82. The molecule has 1 saturated heterocycles. The SMILES string of the molecule is CC(NC(=O)OC(C)(C)C)C1CCCN(Cc2cnn(C)c2)C1. The fourth-order valence-electron chi connectivity index (χ4n) is 3.07. The lowest BCUT2D eigenvalue weighted by molar-refractivity contribution is 0.0466. The van der Waals surface area contributed by atoms with Gasteiger partial charge in [0, 0.05) is 37.9 Å². The minimum absolute atomic E-state index is 0.113. The van der Waals surface area contributed by atoms with Crippen LogP contribution in [-0.4, -0.2) is 45.5 Å². The van der Waals surface area contributed by atoms with E-state index in [1.807, 2.05) is 38.7 Å². The lowest BCUT2D eigenvalue weighted by atomic mass is 9.91. The summed E-state index contributed by atoms with van der Waals surface area (Å²) in [6.07, 6.45) is 5.96. The smallest absolute Gasteiger partial charge is 0.407 e. The Balaban J connectivity index is 1.83. The fraction of sp³-hybridized carbons (Fsp3) is 0.765. The van der Waals surface area contributed by atoms with E-state index in [1.165, 1.54) is 5.56 Å². The van der Waals surface area contributed by atoms with Crippen molar-refractivity contribution >= 4 is 6.09 Å². The third-order valence-electron chi connectivity index (χ3n) is 4.16. The highest BCUT2D eigenvalue weighted by Crippen LogP contribution is 2.21. The molecule has 1 amide bonds. The molecule has 0 saturated carbocycles. The highest BCUT2D eigenvalue weighted by molar-refractivity contribution is 5.68. The third-order valence-corrected chi connectivity index (χ3v) is 4.16. The molecule has 1 N–H and O–H groups in total. The van der Waals surface area contributed by atoms with Crippen molar-refractivity contribution in [1.29, 1.82) is 0 Å². The standard InChI is InChI=1S/C17H30N4O2/c1-13(19-16(22)23-17(2,3)4)15-7-6-8-21(12-15)11-14-9-18-20(5)10-14/h9-10,13,15H,6-8,11-12H2,1-5H3,(H,19,22). The Morgan fingerprint density at radius 2 is 2.26 bits per heavy atom. The van der Waals surface area contributed by atoms with E-state index in [1.54, 1.807) is 0 Å². The van der Waals surface area contributed by atoms with Crippen LogP contribution in [0.1, 0.15) is 46.1 Å². The fourth-order valence-corrected chi connectivity index (χ4v) is 3.07. The number of nitrogens with one attached hydrogen (secondary N) is 1. The summed E-state index contributed by atoms with van der Waals surface area (Å²) in [6.45, 7) is 10.7. The summed E-state index contributed by atoms with van der Waals surface area (Å²) in [5, 5.41) is 7.22. The van der Waals surface area contributed by atoms with Gasteiger partial charge in [-0.25, -0.2) is 4.79 Å². The zero-order chi connectivity index (χ0) is 17.0. The highest BCUT2D eigenvalue weighted by atomic mass is 16.6. The van der Waals surface area contributed by atoms with Crippen LogP contribution in [0.4, 0.5) is 4.79 Å². The molecule has 1 aromatic rings. The largest absolute Gasteiger partial charge is 0.444 e. The zero-order valence-corrected chi connectivity index (χ0v) is 15.0. The number of ether oxygens (including phenoxy) is 1. The number of carbonyl (C=O) groups is 1. The predicted molar refractivity (Wildman–Crippen MR) is 90.0 cm³/mol. The topological polar surface area (TPSA) is 59.4 Å². The van der Waals surface area contributed by atoms with Gasteiger partial charge in [-0.3, -0.25) is 9.58 Å². The summed E-state index contributed by atoms with van der Waals surface area (Å²) < 4.78 is 7.19. The number of hydrogen-bond acceptors (Lipinski definition) is 4. The van der Waals surface area contributed by atoms with Crippen molar-refractivity contribution in [1.82, 2.24) is 20.0 Å². The molecule has 2 unspecified atom stereocenters. The van der Waals surface area contributed by atoms with E-state index in [0.29, 0.717) is 5.92 Å². The van der Waals surface area contributed by atoms with Crippen molar-refractivity contribution in [2.75, 3.05) is 13.1 Å². The third kappa shape index (κ3) is 5.86. The number of aromatic nitrogens is 2. The molecule has 0 aliphatic carbocycles. The van der Waals surface area contributed by atoms with Crippen LogP contribution in [-0.2, 0) is 18.3 Å². The molecule has 0 spiro atoms. The van der Waals surface area contributed by atoms with Gasteiger partial charge in [0.2, 0.25) is 0 Å².